The number of halogens is 1. The Labute approximate surface area is 126 Å². The Morgan fingerprint density at radius 2 is 1.67 bits per heavy atom. The van der Waals surface area contributed by atoms with Gasteiger partial charge in [-0.3, -0.25) is 9.59 Å². The molecule has 110 valence electrons. The summed E-state index contributed by atoms with van der Waals surface area (Å²) in [6.07, 6.45) is 0. The molecule has 0 saturated carbocycles. The molecule has 0 bridgehead atoms. The second kappa shape index (κ2) is 5.69. The van der Waals surface area contributed by atoms with Crippen LogP contribution < -0.4 is 5.32 Å². The number of ketones is 2. The molecule has 1 atom stereocenters. The summed E-state index contributed by atoms with van der Waals surface area (Å²) >= 11 is 5.96. The number of carboxylic acid groups (broad SMARTS) is 1. The van der Waals surface area contributed by atoms with Crippen molar-refractivity contribution in [3.05, 3.63) is 46.1 Å². The molecule has 0 unspecified atom stereocenters. The lowest BCUT2D eigenvalue weighted by atomic mass is 9.91. The van der Waals surface area contributed by atoms with Crippen LogP contribution in [0.2, 0.25) is 0 Å². The third kappa shape index (κ3) is 2.69. The normalized spacial score (nSPS) is 16.0. The Kier molecular flexibility index (Phi) is 4.14. The van der Waals surface area contributed by atoms with Gasteiger partial charge in [-0.1, -0.05) is 49.7 Å². The molecule has 0 fully saturated rings. The Morgan fingerprint density at radius 3 is 2.14 bits per heavy atom. The quantitative estimate of drug-likeness (QED) is 0.891. The fraction of sp³-hybridized carbons (Fsp3) is 0.267. The molecule has 0 spiro atoms. The zero-order chi connectivity index (χ0) is 15.7. The second-order valence-corrected chi connectivity index (χ2v) is 5.48. The number of allylic oxidation sites excluding steroid dienone is 2. The zero-order valence-corrected chi connectivity index (χ0v) is 12.3. The zero-order valence-electron chi connectivity index (χ0n) is 11.5. The van der Waals surface area contributed by atoms with Gasteiger partial charge in [0.05, 0.1) is 0 Å². The summed E-state index contributed by atoms with van der Waals surface area (Å²) in [6, 6.07) is 5.31. The molecule has 21 heavy (non-hydrogen) atoms. The number of carbonyl (C=O) groups excluding carboxylic acids is 2. The molecular weight excluding hydrogens is 294 g/mol. The molecule has 2 N–H and O–H groups in total. The van der Waals surface area contributed by atoms with Crippen LogP contribution in [0.15, 0.2) is 35.0 Å². The highest BCUT2D eigenvalue weighted by atomic mass is 35.5. The average Bonchev–Trinajstić information content (AvgIpc) is 2.44. The van der Waals surface area contributed by atoms with Crippen LogP contribution in [0.3, 0.4) is 0 Å². The van der Waals surface area contributed by atoms with Crippen molar-refractivity contribution in [2.24, 2.45) is 5.92 Å². The van der Waals surface area contributed by atoms with E-state index in [4.69, 9.17) is 11.6 Å². The molecule has 1 aliphatic carbocycles. The van der Waals surface area contributed by atoms with E-state index < -0.39 is 23.6 Å². The molecule has 1 aromatic carbocycles. The van der Waals surface area contributed by atoms with Crippen molar-refractivity contribution in [1.82, 2.24) is 5.32 Å². The van der Waals surface area contributed by atoms with Gasteiger partial charge >= 0.3 is 5.97 Å². The number of fused-ring (bicyclic) bond motifs is 1. The van der Waals surface area contributed by atoms with Gasteiger partial charge in [0.25, 0.3) is 0 Å². The number of hydrogen-bond acceptors (Lipinski definition) is 4. The minimum atomic E-state index is -1.11. The molecule has 0 aliphatic heterocycles. The van der Waals surface area contributed by atoms with Crippen molar-refractivity contribution >= 4 is 29.1 Å². The fourth-order valence-corrected chi connectivity index (χ4v) is 2.39. The van der Waals surface area contributed by atoms with E-state index in [0.717, 1.165) is 0 Å². The molecule has 0 aromatic heterocycles. The van der Waals surface area contributed by atoms with Gasteiger partial charge in [-0.05, 0) is 5.92 Å². The van der Waals surface area contributed by atoms with Crippen molar-refractivity contribution in [3.63, 3.8) is 0 Å². The van der Waals surface area contributed by atoms with E-state index in [0.29, 0.717) is 0 Å². The highest BCUT2D eigenvalue weighted by Crippen LogP contribution is 2.27. The number of carbonyl (C=O) groups is 3. The highest BCUT2D eigenvalue weighted by molar-refractivity contribution is 6.49. The van der Waals surface area contributed by atoms with Gasteiger partial charge in [0.1, 0.15) is 16.8 Å². The van der Waals surface area contributed by atoms with Gasteiger partial charge < -0.3 is 10.4 Å². The first-order valence-electron chi connectivity index (χ1n) is 6.42. The topological polar surface area (TPSA) is 83.5 Å². The van der Waals surface area contributed by atoms with Crippen molar-refractivity contribution in [2.75, 3.05) is 0 Å². The lowest BCUT2D eigenvalue weighted by Gasteiger charge is -2.24. The standard InChI is InChI=1S/C15H14ClNO4/c1-7(2)11(15(20)21)17-12-10(16)13(18)8-5-3-4-6-9(8)14(12)19/h3-7,11,17H,1-2H3,(H,20,21)/t11-/m1/s1. The minimum Gasteiger partial charge on any atom is -0.480 e. The maximum absolute atomic E-state index is 12.4. The van der Waals surface area contributed by atoms with Crippen LogP contribution in [0.25, 0.3) is 0 Å². The third-order valence-corrected chi connectivity index (χ3v) is 3.66. The van der Waals surface area contributed by atoms with Crippen molar-refractivity contribution in [1.29, 1.82) is 0 Å². The van der Waals surface area contributed by atoms with E-state index in [1.807, 2.05) is 0 Å². The lowest BCUT2D eigenvalue weighted by molar-refractivity contribution is -0.140. The summed E-state index contributed by atoms with van der Waals surface area (Å²) in [7, 11) is 0. The number of benzene rings is 1. The molecular formula is C15H14ClNO4. The van der Waals surface area contributed by atoms with E-state index in [-0.39, 0.29) is 27.8 Å². The van der Waals surface area contributed by atoms with Crippen LogP contribution in [0.4, 0.5) is 0 Å². The van der Waals surface area contributed by atoms with E-state index >= 15 is 0 Å². The summed E-state index contributed by atoms with van der Waals surface area (Å²) in [5.74, 6) is -2.34. The molecule has 0 heterocycles. The average molecular weight is 308 g/mol. The van der Waals surface area contributed by atoms with E-state index in [1.165, 1.54) is 12.1 Å². The largest absolute Gasteiger partial charge is 0.480 e. The maximum atomic E-state index is 12.4. The smallest absolute Gasteiger partial charge is 0.326 e. The van der Waals surface area contributed by atoms with Crippen LogP contribution in [0, 0.1) is 5.92 Å². The summed E-state index contributed by atoms with van der Waals surface area (Å²) < 4.78 is 0. The molecule has 0 radical (unpaired) electrons. The number of rotatable bonds is 4. The minimum absolute atomic E-state index is 0.151. The van der Waals surface area contributed by atoms with Crippen molar-refractivity contribution < 1.29 is 19.5 Å². The summed E-state index contributed by atoms with van der Waals surface area (Å²) in [4.78, 5) is 35.8. The first kappa shape index (κ1) is 15.3. The summed E-state index contributed by atoms with van der Waals surface area (Å²) in [5.41, 5.74) is 0.304. The number of carboxylic acids is 1. The molecule has 0 saturated heterocycles. The summed E-state index contributed by atoms with van der Waals surface area (Å²) in [6.45, 7) is 3.40. The van der Waals surface area contributed by atoms with E-state index in [2.05, 4.69) is 5.32 Å². The predicted octanol–water partition coefficient (Wildman–Crippen LogP) is 2.21. The van der Waals surface area contributed by atoms with E-state index in [9.17, 15) is 19.5 Å². The van der Waals surface area contributed by atoms with Crippen LogP contribution in [0.1, 0.15) is 34.6 Å². The number of Topliss-reactive ketones (excluding diaryl/α,β-unsaturated/α-hetero) is 2. The number of nitrogens with one attached hydrogen (secondary N) is 1. The maximum Gasteiger partial charge on any atom is 0.326 e. The molecule has 5 nitrogen and oxygen atoms in total. The van der Waals surface area contributed by atoms with Gasteiger partial charge in [0, 0.05) is 11.1 Å². The van der Waals surface area contributed by atoms with Gasteiger partial charge in [-0.15, -0.1) is 0 Å². The van der Waals surface area contributed by atoms with Crippen molar-refractivity contribution in [3.8, 4) is 0 Å². The molecule has 6 heteroatoms. The van der Waals surface area contributed by atoms with Gasteiger partial charge in [0.2, 0.25) is 11.6 Å². The van der Waals surface area contributed by atoms with Crippen LogP contribution >= 0.6 is 11.6 Å². The van der Waals surface area contributed by atoms with Crippen LogP contribution in [-0.2, 0) is 4.79 Å². The molecule has 2 rings (SSSR count). The fourth-order valence-electron chi connectivity index (χ4n) is 2.14. The Morgan fingerprint density at radius 1 is 1.14 bits per heavy atom. The Hall–Kier alpha value is -2.14. The third-order valence-electron chi connectivity index (χ3n) is 3.29. The van der Waals surface area contributed by atoms with Crippen molar-refractivity contribution in [2.45, 2.75) is 19.9 Å². The van der Waals surface area contributed by atoms with Crippen LogP contribution in [-0.4, -0.2) is 28.7 Å². The molecule has 1 aromatic rings. The molecule has 1 aliphatic rings. The highest BCUT2D eigenvalue weighted by Gasteiger charge is 2.34. The molecule has 0 amide bonds. The van der Waals surface area contributed by atoms with Crippen LogP contribution in [0.5, 0.6) is 0 Å². The lowest BCUT2D eigenvalue weighted by Crippen LogP contribution is -2.43. The Bertz CT molecular complexity index is 663. The number of aliphatic carboxylic acids is 1. The van der Waals surface area contributed by atoms with Gasteiger partial charge in [-0.2, -0.15) is 0 Å². The first-order chi connectivity index (χ1) is 9.84. The first-order valence-corrected chi connectivity index (χ1v) is 6.80. The second-order valence-electron chi connectivity index (χ2n) is 5.10. The van der Waals surface area contributed by atoms with Gasteiger partial charge in [-0.25, -0.2) is 4.79 Å². The van der Waals surface area contributed by atoms with Gasteiger partial charge in [0.15, 0.2) is 0 Å². The summed E-state index contributed by atoms with van der Waals surface area (Å²) in [5, 5.41) is 11.5. The van der Waals surface area contributed by atoms with E-state index in [1.54, 1.807) is 26.0 Å². The monoisotopic (exact) mass is 307 g/mol. The SMILES string of the molecule is CC(C)[C@@H](NC1=C(Cl)C(=O)c2ccccc2C1=O)C(=O)O. The predicted molar refractivity (Wildman–Crippen MR) is 77.4 cm³/mol. The Balaban J connectivity index is 2.45. The number of hydrogen-bond donors (Lipinski definition) is 2.